The summed E-state index contributed by atoms with van der Waals surface area (Å²) >= 11 is 0. The average Bonchev–Trinajstić information content (AvgIpc) is 2.80. The second-order valence-corrected chi connectivity index (χ2v) is 3.32. The summed E-state index contributed by atoms with van der Waals surface area (Å²) in [5.74, 6) is 0.219. The first-order valence-corrected chi connectivity index (χ1v) is 4.68. The number of hydrogen-bond acceptors (Lipinski definition) is 6. The quantitative estimate of drug-likeness (QED) is 0.793. The molecule has 0 atom stereocenters. The van der Waals surface area contributed by atoms with Gasteiger partial charge in [0.15, 0.2) is 0 Å². The normalized spacial score (nSPS) is 10.9. The SMILES string of the molecule is CN(C)c1ccc(N=Nc2nn[nH]n2)cc1. The first-order valence-electron chi connectivity index (χ1n) is 4.68. The van der Waals surface area contributed by atoms with E-state index < -0.39 is 0 Å². The zero-order valence-corrected chi connectivity index (χ0v) is 8.99. The van der Waals surface area contributed by atoms with Gasteiger partial charge in [0.2, 0.25) is 0 Å². The van der Waals surface area contributed by atoms with E-state index in [9.17, 15) is 0 Å². The fraction of sp³-hybridized carbons (Fsp3) is 0.222. The van der Waals surface area contributed by atoms with Gasteiger partial charge in [0.1, 0.15) is 0 Å². The largest absolute Gasteiger partial charge is 0.378 e. The molecule has 0 aliphatic rings. The van der Waals surface area contributed by atoms with Crippen LogP contribution in [0.5, 0.6) is 0 Å². The molecule has 2 aromatic rings. The van der Waals surface area contributed by atoms with Crippen LogP contribution in [0.25, 0.3) is 0 Å². The number of H-pyrrole nitrogens is 1. The third kappa shape index (κ3) is 2.38. The Labute approximate surface area is 92.2 Å². The lowest BCUT2D eigenvalue weighted by atomic mass is 10.3. The highest BCUT2D eigenvalue weighted by Gasteiger charge is 1.96. The molecule has 7 nitrogen and oxygen atoms in total. The minimum Gasteiger partial charge on any atom is -0.378 e. The van der Waals surface area contributed by atoms with Crippen LogP contribution >= 0.6 is 0 Å². The molecule has 0 unspecified atom stereocenters. The first-order chi connectivity index (χ1) is 7.75. The van der Waals surface area contributed by atoms with Crippen molar-refractivity contribution in [1.82, 2.24) is 20.6 Å². The van der Waals surface area contributed by atoms with Crippen molar-refractivity contribution in [2.24, 2.45) is 10.2 Å². The minimum absolute atomic E-state index is 0.219. The molecule has 0 spiro atoms. The summed E-state index contributed by atoms with van der Waals surface area (Å²) in [5, 5.41) is 20.8. The van der Waals surface area contributed by atoms with E-state index in [1.807, 2.05) is 43.3 Å². The van der Waals surface area contributed by atoms with Crippen LogP contribution in [0, 0.1) is 0 Å². The Morgan fingerprint density at radius 1 is 1.12 bits per heavy atom. The van der Waals surface area contributed by atoms with E-state index in [2.05, 4.69) is 30.9 Å². The molecule has 82 valence electrons. The van der Waals surface area contributed by atoms with Gasteiger partial charge in [-0.1, -0.05) is 5.10 Å². The van der Waals surface area contributed by atoms with Crippen molar-refractivity contribution in [3.05, 3.63) is 24.3 Å². The van der Waals surface area contributed by atoms with Crippen molar-refractivity contribution >= 4 is 17.3 Å². The van der Waals surface area contributed by atoms with E-state index >= 15 is 0 Å². The van der Waals surface area contributed by atoms with Crippen molar-refractivity contribution in [1.29, 1.82) is 0 Å². The van der Waals surface area contributed by atoms with Gasteiger partial charge in [0.25, 0.3) is 0 Å². The van der Waals surface area contributed by atoms with E-state index in [1.54, 1.807) is 0 Å². The van der Waals surface area contributed by atoms with Crippen LogP contribution in [0.3, 0.4) is 0 Å². The summed E-state index contributed by atoms with van der Waals surface area (Å²) in [6.45, 7) is 0. The Balaban J connectivity index is 2.11. The van der Waals surface area contributed by atoms with Gasteiger partial charge < -0.3 is 4.90 Å². The fourth-order valence-electron chi connectivity index (χ4n) is 1.12. The highest BCUT2D eigenvalue weighted by molar-refractivity contribution is 5.51. The zero-order valence-electron chi connectivity index (χ0n) is 8.99. The summed E-state index contributed by atoms with van der Waals surface area (Å²) in [7, 11) is 3.96. The molecule has 0 fully saturated rings. The minimum atomic E-state index is 0.219. The Morgan fingerprint density at radius 2 is 1.88 bits per heavy atom. The average molecular weight is 217 g/mol. The van der Waals surface area contributed by atoms with Crippen LogP contribution in [-0.2, 0) is 0 Å². The van der Waals surface area contributed by atoms with Crippen molar-refractivity contribution in [2.45, 2.75) is 0 Å². The van der Waals surface area contributed by atoms with Crippen molar-refractivity contribution in [2.75, 3.05) is 19.0 Å². The van der Waals surface area contributed by atoms with Crippen LogP contribution in [0.15, 0.2) is 34.5 Å². The van der Waals surface area contributed by atoms with Crippen molar-refractivity contribution < 1.29 is 0 Å². The third-order valence-corrected chi connectivity index (χ3v) is 1.96. The highest BCUT2D eigenvalue weighted by Crippen LogP contribution is 2.19. The summed E-state index contributed by atoms with van der Waals surface area (Å²) in [4.78, 5) is 2.01. The number of anilines is 1. The molecule has 0 aliphatic heterocycles. The monoisotopic (exact) mass is 217 g/mol. The summed E-state index contributed by atoms with van der Waals surface area (Å²) in [5.41, 5.74) is 1.86. The molecule has 0 saturated heterocycles. The Morgan fingerprint density at radius 3 is 2.44 bits per heavy atom. The smallest absolute Gasteiger partial charge is 0.307 e. The molecule has 0 aliphatic carbocycles. The van der Waals surface area contributed by atoms with Crippen LogP contribution in [0.2, 0.25) is 0 Å². The van der Waals surface area contributed by atoms with Crippen LogP contribution < -0.4 is 4.90 Å². The number of rotatable bonds is 3. The van der Waals surface area contributed by atoms with E-state index in [0.29, 0.717) is 0 Å². The molecule has 0 bridgehead atoms. The predicted octanol–water partition coefficient (Wildman–Crippen LogP) is 1.68. The molecule has 1 heterocycles. The fourth-order valence-corrected chi connectivity index (χ4v) is 1.12. The molecule has 0 saturated carbocycles. The second-order valence-electron chi connectivity index (χ2n) is 3.32. The van der Waals surface area contributed by atoms with Crippen LogP contribution in [0.4, 0.5) is 17.3 Å². The first kappa shape index (κ1) is 10.2. The number of nitrogens with zero attached hydrogens (tertiary/aromatic N) is 6. The Bertz CT molecular complexity index is 457. The summed E-state index contributed by atoms with van der Waals surface area (Å²) in [6.07, 6.45) is 0. The van der Waals surface area contributed by atoms with Gasteiger partial charge in [-0.2, -0.15) is 5.21 Å². The van der Waals surface area contributed by atoms with Gasteiger partial charge in [-0.15, -0.1) is 15.3 Å². The molecule has 2 rings (SSSR count). The lowest BCUT2D eigenvalue weighted by Crippen LogP contribution is -2.07. The zero-order chi connectivity index (χ0) is 11.4. The standard InChI is InChI=1S/C9H11N7/c1-16(2)8-5-3-7(4-6-8)10-11-9-12-14-15-13-9/h3-6H,1-2H3,(H,12,13,14,15). The number of aromatic amines is 1. The molecule has 1 aromatic carbocycles. The Hall–Kier alpha value is -2.31. The van der Waals surface area contributed by atoms with Crippen molar-refractivity contribution in [3.8, 4) is 0 Å². The van der Waals surface area contributed by atoms with E-state index in [-0.39, 0.29) is 5.95 Å². The van der Waals surface area contributed by atoms with Crippen LogP contribution in [-0.4, -0.2) is 34.7 Å². The van der Waals surface area contributed by atoms with Gasteiger partial charge >= 0.3 is 5.95 Å². The molecule has 0 radical (unpaired) electrons. The van der Waals surface area contributed by atoms with Gasteiger partial charge in [0.05, 0.1) is 5.69 Å². The summed E-state index contributed by atoms with van der Waals surface area (Å²) in [6, 6.07) is 7.67. The number of benzene rings is 1. The molecule has 0 amide bonds. The van der Waals surface area contributed by atoms with Gasteiger partial charge in [-0.05, 0) is 29.5 Å². The molecule has 1 N–H and O–H groups in total. The van der Waals surface area contributed by atoms with E-state index in [0.717, 1.165) is 11.4 Å². The van der Waals surface area contributed by atoms with E-state index in [4.69, 9.17) is 0 Å². The molecule has 16 heavy (non-hydrogen) atoms. The third-order valence-electron chi connectivity index (χ3n) is 1.96. The summed E-state index contributed by atoms with van der Waals surface area (Å²) < 4.78 is 0. The van der Waals surface area contributed by atoms with E-state index in [1.165, 1.54) is 0 Å². The van der Waals surface area contributed by atoms with Gasteiger partial charge in [-0.3, -0.25) is 0 Å². The Kier molecular flexibility index (Phi) is 2.86. The number of hydrogen-bond donors (Lipinski definition) is 1. The lowest BCUT2D eigenvalue weighted by molar-refractivity contribution is 0.881. The maximum absolute atomic E-state index is 3.97. The van der Waals surface area contributed by atoms with Crippen molar-refractivity contribution in [3.63, 3.8) is 0 Å². The van der Waals surface area contributed by atoms with Gasteiger partial charge in [-0.25, -0.2) is 0 Å². The molecular formula is C9H11N7. The van der Waals surface area contributed by atoms with Crippen LogP contribution in [0.1, 0.15) is 0 Å². The lowest BCUT2D eigenvalue weighted by Gasteiger charge is -2.11. The number of azo groups is 1. The molecular weight excluding hydrogens is 206 g/mol. The maximum Gasteiger partial charge on any atom is 0.307 e. The molecule has 1 aromatic heterocycles. The number of tetrazole rings is 1. The second kappa shape index (κ2) is 4.47. The number of aromatic nitrogens is 4. The number of nitrogens with one attached hydrogen (secondary N) is 1. The topological polar surface area (TPSA) is 82.4 Å². The highest BCUT2D eigenvalue weighted by atomic mass is 15.5. The maximum atomic E-state index is 3.97. The van der Waals surface area contributed by atoms with Gasteiger partial charge in [0, 0.05) is 19.8 Å². The predicted molar refractivity (Wildman–Crippen MR) is 59.1 cm³/mol. The molecule has 7 heteroatoms.